The van der Waals surface area contributed by atoms with Crippen molar-refractivity contribution in [3.8, 4) is 0 Å². The van der Waals surface area contributed by atoms with Gasteiger partial charge < -0.3 is 14.2 Å². The average Bonchev–Trinajstić information content (AvgIpc) is 3.05. The summed E-state index contributed by atoms with van der Waals surface area (Å²) in [6, 6.07) is 0. The van der Waals surface area contributed by atoms with E-state index in [9.17, 15) is 9.59 Å². The van der Waals surface area contributed by atoms with Crippen molar-refractivity contribution in [2.24, 2.45) is 0 Å². The monoisotopic (exact) mass is 647 g/mol. The normalized spacial score (nSPS) is 12.5. The zero-order chi connectivity index (χ0) is 33.6. The summed E-state index contributed by atoms with van der Waals surface area (Å²) in [5.41, 5.74) is 0. The second-order valence-electron chi connectivity index (χ2n) is 12.8. The van der Waals surface area contributed by atoms with Crippen LogP contribution in [-0.2, 0) is 23.8 Å². The van der Waals surface area contributed by atoms with E-state index < -0.39 is 6.10 Å². The summed E-state index contributed by atoms with van der Waals surface area (Å²) in [5.74, 6) is -0.422. The lowest BCUT2D eigenvalue weighted by Crippen LogP contribution is -2.30. The number of esters is 2. The van der Waals surface area contributed by atoms with Crippen molar-refractivity contribution in [1.82, 2.24) is 0 Å². The lowest BCUT2D eigenvalue weighted by Gasteiger charge is -2.18. The van der Waals surface area contributed by atoms with Gasteiger partial charge in [-0.05, 0) is 51.4 Å². The molecule has 0 fully saturated rings. The molecule has 0 spiro atoms. The summed E-state index contributed by atoms with van der Waals surface area (Å²) in [7, 11) is 0. The predicted octanol–water partition coefficient (Wildman–Crippen LogP) is 12.3. The molecule has 5 nitrogen and oxygen atoms in total. The van der Waals surface area contributed by atoms with Crippen molar-refractivity contribution in [2.45, 2.75) is 194 Å². The van der Waals surface area contributed by atoms with Crippen LogP contribution in [-0.4, -0.2) is 37.9 Å². The van der Waals surface area contributed by atoms with Crippen molar-refractivity contribution in [3.05, 3.63) is 36.5 Å². The van der Waals surface area contributed by atoms with E-state index >= 15 is 0 Å². The van der Waals surface area contributed by atoms with Gasteiger partial charge >= 0.3 is 11.9 Å². The Labute approximate surface area is 285 Å². The molecule has 0 saturated heterocycles. The third-order valence-electron chi connectivity index (χ3n) is 8.19. The lowest BCUT2D eigenvalue weighted by molar-refractivity contribution is -0.163. The molecule has 0 aromatic rings. The van der Waals surface area contributed by atoms with Gasteiger partial charge in [0, 0.05) is 19.4 Å². The van der Waals surface area contributed by atoms with E-state index in [1.54, 1.807) is 0 Å². The summed E-state index contributed by atoms with van der Waals surface area (Å²) < 4.78 is 17.1. The summed E-state index contributed by atoms with van der Waals surface area (Å²) in [6.45, 7) is 7.58. The van der Waals surface area contributed by atoms with Crippen LogP contribution in [0.4, 0.5) is 0 Å². The number of hydrogen-bond donors (Lipinski definition) is 0. The summed E-state index contributed by atoms with van der Waals surface area (Å²) in [4.78, 5) is 24.8. The third-order valence-corrected chi connectivity index (χ3v) is 8.19. The minimum atomic E-state index is -0.536. The van der Waals surface area contributed by atoms with Gasteiger partial charge in [0.25, 0.3) is 0 Å². The van der Waals surface area contributed by atoms with Crippen molar-refractivity contribution >= 4 is 11.9 Å². The third kappa shape index (κ3) is 35.0. The predicted molar refractivity (Wildman–Crippen MR) is 196 cm³/mol. The van der Waals surface area contributed by atoms with E-state index in [0.717, 1.165) is 70.6 Å². The molecule has 0 saturated carbocycles. The van der Waals surface area contributed by atoms with Crippen LogP contribution in [0.3, 0.4) is 0 Å². The maximum Gasteiger partial charge on any atom is 0.306 e. The number of carbonyl (C=O) groups excluding carboxylic acids is 2. The Kier molecular flexibility index (Phi) is 36.0. The molecule has 0 rings (SSSR count). The zero-order valence-corrected chi connectivity index (χ0v) is 30.6. The molecule has 0 aliphatic carbocycles. The van der Waals surface area contributed by atoms with Gasteiger partial charge in [-0.1, -0.05) is 160 Å². The fourth-order valence-electron chi connectivity index (χ4n) is 5.29. The minimum Gasteiger partial charge on any atom is -0.462 e. The van der Waals surface area contributed by atoms with Crippen LogP contribution in [0.2, 0.25) is 0 Å². The van der Waals surface area contributed by atoms with Gasteiger partial charge in [-0.3, -0.25) is 9.59 Å². The lowest BCUT2D eigenvalue weighted by atomic mass is 10.1. The van der Waals surface area contributed by atoms with Gasteiger partial charge in [0.05, 0.1) is 6.61 Å². The van der Waals surface area contributed by atoms with Crippen LogP contribution in [0.15, 0.2) is 36.5 Å². The Morgan fingerprint density at radius 3 is 1.57 bits per heavy atom. The maximum absolute atomic E-state index is 12.5. The first-order valence-electron chi connectivity index (χ1n) is 19.5. The zero-order valence-electron chi connectivity index (χ0n) is 30.6. The van der Waals surface area contributed by atoms with Gasteiger partial charge in [0.1, 0.15) is 6.61 Å². The number of rotatable bonds is 35. The summed E-state index contributed by atoms with van der Waals surface area (Å²) in [5, 5.41) is 0. The highest BCUT2D eigenvalue weighted by molar-refractivity contribution is 5.70. The smallest absolute Gasteiger partial charge is 0.306 e. The maximum atomic E-state index is 12.5. The number of carbonyl (C=O) groups is 2. The quantitative estimate of drug-likeness (QED) is 0.0389. The molecule has 0 aliphatic rings. The Balaban J connectivity index is 4.15. The van der Waals surface area contributed by atoms with Crippen molar-refractivity contribution in [3.63, 3.8) is 0 Å². The van der Waals surface area contributed by atoms with E-state index in [2.05, 4.69) is 57.2 Å². The van der Waals surface area contributed by atoms with Crippen molar-refractivity contribution in [2.75, 3.05) is 19.8 Å². The van der Waals surface area contributed by atoms with Crippen LogP contribution < -0.4 is 0 Å². The Hall–Kier alpha value is -1.88. The first kappa shape index (κ1) is 44.1. The van der Waals surface area contributed by atoms with Gasteiger partial charge in [-0.25, -0.2) is 0 Å². The first-order chi connectivity index (χ1) is 22.6. The fraction of sp³-hybridized carbons (Fsp3) is 0.805. The largest absolute Gasteiger partial charge is 0.462 e. The molecule has 0 N–H and O–H groups in total. The molecule has 268 valence electrons. The fourth-order valence-corrected chi connectivity index (χ4v) is 5.29. The Bertz CT molecular complexity index is 741. The average molecular weight is 647 g/mol. The van der Waals surface area contributed by atoms with Crippen LogP contribution in [0.5, 0.6) is 0 Å². The molecule has 0 aromatic carbocycles. The van der Waals surface area contributed by atoms with Crippen molar-refractivity contribution < 1.29 is 23.8 Å². The summed E-state index contributed by atoms with van der Waals surface area (Å²) >= 11 is 0. The molecule has 0 radical (unpaired) electrons. The van der Waals surface area contributed by atoms with Crippen LogP contribution in [0.1, 0.15) is 188 Å². The number of ether oxygens (including phenoxy) is 3. The van der Waals surface area contributed by atoms with Gasteiger partial charge in [0.15, 0.2) is 6.10 Å². The van der Waals surface area contributed by atoms with Crippen LogP contribution >= 0.6 is 0 Å². The Morgan fingerprint density at radius 2 is 0.978 bits per heavy atom. The van der Waals surface area contributed by atoms with E-state index in [0.29, 0.717) is 19.4 Å². The number of unbranched alkanes of at least 4 members (excludes halogenated alkanes) is 18. The van der Waals surface area contributed by atoms with Crippen molar-refractivity contribution in [1.29, 1.82) is 0 Å². The van der Waals surface area contributed by atoms with E-state index in [-0.39, 0.29) is 25.2 Å². The second-order valence-corrected chi connectivity index (χ2v) is 12.8. The number of hydrogen-bond acceptors (Lipinski definition) is 5. The van der Waals surface area contributed by atoms with Gasteiger partial charge in [0.2, 0.25) is 0 Å². The molecule has 1 atom stereocenters. The topological polar surface area (TPSA) is 61.8 Å². The molecule has 0 amide bonds. The van der Waals surface area contributed by atoms with E-state index in [1.807, 2.05) is 0 Å². The van der Waals surface area contributed by atoms with Crippen LogP contribution in [0.25, 0.3) is 0 Å². The first-order valence-corrected chi connectivity index (χ1v) is 19.5. The van der Waals surface area contributed by atoms with Gasteiger partial charge in [-0.15, -0.1) is 0 Å². The molecular formula is C41H74O5. The molecule has 0 aliphatic heterocycles. The molecule has 0 heterocycles. The standard InChI is InChI=1S/C41H74O5/c1-4-7-10-13-15-17-19-20-21-23-25-27-30-33-36-44-37-39(46-41(43)35-32-28-12-9-6-3)38-45-40(42)34-31-29-26-24-22-18-16-14-11-8-5-2/h7,10,15,17,20-21,39H,4-6,8-9,11-14,16,18-19,22-38H2,1-3H3/b10-7-,17-15-,21-20-. The second kappa shape index (κ2) is 37.6. The summed E-state index contributed by atoms with van der Waals surface area (Å²) in [6.07, 6.45) is 41.6. The highest BCUT2D eigenvalue weighted by Gasteiger charge is 2.17. The SMILES string of the molecule is CC/C=C\C/C=C\C/C=C\CCCCCCOCC(COC(=O)CCCCCCCCCCCCC)OC(=O)CCCCCCC. The highest BCUT2D eigenvalue weighted by Crippen LogP contribution is 2.13. The molecular weight excluding hydrogens is 572 g/mol. The number of allylic oxidation sites excluding steroid dienone is 6. The molecule has 46 heavy (non-hydrogen) atoms. The molecule has 0 aromatic heterocycles. The minimum absolute atomic E-state index is 0.0788. The van der Waals surface area contributed by atoms with Crippen LogP contribution in [0, 0.1) is 0 Å². The van der Waals surface area contributed by atoms with E-state index in [1.165, 1.54) is 83.5 Å². The molecule has 1 unspecified atom stereocenters. The molecule has 0 bridgehead atoms. The highest BCUT2D eigenvalue weighted by atomic mass is 16.6. The van der Waals surface area contributed by atoms with E-state index in [4.69, 9.17) is 14.2 Å². The molecule has 5 heteroatoms. The van der Waals surface area contributed by atoms with Gasteiger partial charge in [-0.2, -0.15) is 0 Å². The Morgan fingerprint density at radius 1 is 0.500 bits per heavy atom.